The van der Waals surface area contributed by atoms with E-state index in [9.17, 15) is 9.18 Å². The zero-order chi connectivity index (χ0) is 16.8. The molecule has 0 unspecified atom stereocenters. The van der Waals surface area contributed by atoms with E-state index in [1.165, 1.54) is 12.1 Å². The number of carbonyl (C=O) groups is 1. The Kier molecular flexibility index (Phi) is 5.87. The van der Waals surface area contributed by atoms with Gasteiger partial charge in [0.2, 0.25) is 5.91 Å². The molecule has 2 aromatic rings. The molecule has 0 aliphatic heterocycles. The first-order valence-electron chi connectivity index (χ1n) is 7.01. The van der Waals surface area contributed by atoms with Gasteiger partial charge >= 0.3 is 0 Å². The van der Waals surface area contributed by atoms with Crippen molar-refractivity contribution in [1.82, 2.24) is 4.98 Å². The second-order valence-corrected chi connectivity index (χ2v) is 5.90. The Morgan fingerprint density at radius 2 is 2.17 bits per heavy atom. The molecular weight excluding hydrogens is 363 g/mol. The molecule has 1 amide bonds. The van der Waals surface area contributed by atoms with Crippen molar-refractivity contribution >= 4 is 33.7 Å². The van der Waals surface area contributed by atoms with Gasteiger partial charge < -0.3 is 10.1 Å². The first kappa shape index (κ1) is 17.1. The number of ether oxygens (including phenoxy) is 1. The van der Waals surface area contributed by atoms with Crippen molar-refractivity contribution < 1.29 is 13.9 Å². The maximum Gasteiger partial charge on any atom is 0.249 e. The van der Waals surface area contributed by atoms with Gasteiger partial charge in [0, 0.05) is 6.08 Å². The molecule has 4 nitrogen and oxygen atoms in total. The van der Waals surface area contributed by atoms with Crippen LogP contribution in [-0.4, -0.2) is 17.0 Å². The molecule has 0 aliphatic rings. The molecule has 0 atom stereocenters. The fraction of sp³-hybridized carbons (Fsp3) is 0.176. The Bertz CT molecular complexity index is 732. The number of carbonyl (C=O) groups excluding carboxylic acids is 1. The number of nitrogens with zero attached hydrogens (tertiary/aromatic N) is 1. The van der Waals surface area contributed by atoms with Crippen LogP contribution in [-0.2, 0) is 4.79 Å². The third-order valence-electron chi connectivity index (χ3n) is 2.71. The highest BCUT2D eigenvalue weighted by atomic mass is 79.9. The standard InChI is InChI=1S/C17H16BrFN2O2/c1-11(2)23-14-5-3-4-12(8-14)6-7-16(22)21-17-15(18)9-13(19)10-20-17/h3-11H,1-2H3,(H,20,21,22)/b7-6+. The summed E-state index contributed by atoms with van der Waals surface area (Å²) in [6.07, 6.45) is 4.17. The van der Waals surface area contributed by atoms with E-state index in [2.05, 4.69) is 26.2 Å². The smallest absolute Gasteiger partial charge is 0.249 e. The van der Waals surface area contributed by atoms with Crippen LogP contribution >= 0.6 is 15.9 Å². The monoisotopic (exact) mass is 378 g/mol. The number of anilines is 1. The van der Waals surface area contributed by atoms with Crippen molar-refractivity contribution in [1.29, 1.82) is 0 Å². The van der Waals surface area contributed by atoms with E-state index >= 15 is 0 Å². The van der Waals surface area contributed by atoms with Crippen molar-refractivity contribution in [3.8, 4) is 5.75 Å². The molecule has 0 fully saturated rings. The maximum absolute atomic E-state index is 13.0. The number of nitrogens with one attached hydrogen (secondary N) is 1. The van der Waals surface area contributed by atoms with Crippen LogP contribution in [0.5, 0.6) is 5.75 Å². The number of hydrogen-bond donors (Lipinski definition) is 1. The molecule has 1 aromatic carbocycles. The van der Waals surface area contributed by atoms with Gasteiger partial charge in [0.15, 0.2) is 0 Å². The molecule has 2 rings (SSSR count). The van der Waals surface area contributed by atoms with Gasteiger partial charge in [0.1, 0.15) is 17.4 Å². The molecule has 6 heteroatoms. The Morgan fingerprint density at radius 1 is 1.39 bits per heavy atom. The summed E-state index contributed by atoms with van der Waals surface area (Å²) in [6.45, 7) is 3.90. The normalized spacial score (nSPS) is 11.0. The Morgan fingerprint density at radius 3 is 2.87 bits per heavy atom. The van der Waals surface area contributed by atoms with Crippen molar-refractivity contribution in [3.05, 3.63) is 58.5 Å². The average molecular weight is 379 g/mol. The summed E-state index contributed by atoms with van der Waals surface area (Å²) in [6, 6.07) is 8.66. The Hall–Kier alpha value is -2.21. The van der Waals surface area contributed by atoms with E-state index in [4.69, 9.17) is 4.74 Å². The van der Waals surface area contributed by atoms with E-state index < -0.39 is 5.82 Å². The van der Waals surface area contributed by atoms with Crippen molar-refractivity contribution in [2.75, 3.05) is 5.32 Å². The fourth-order valence-corrected chi connectivity index (χ4v) is 2.22. The number of aromatic nitrogens is 1. The van der Waals surface area contributed by atoms with E-state index in [1.54, 1.807) is 6.08 Å². The zero-order valence-electron chi connectivity index (χ0n) is 12.7. The van der Waals surface area contributed by atoms with Crippen LogP contribution in [0.4, 0.5) is 10.2 Å². The minimum Gasteiger partial charge on any atom is -0.491 e. The third-order valence-corrected chi connectivity index (χ3v) is 3.31. The van der Waals surface area contributed by atoms with E-state index in [0.717, 1.165) is 17.5 Å². The molecule has 0 bridgehead atoms. The van der Waals surface area contributed by atoms with Crippen LogP contribution in [0.2, 0.25) is 0 Å². The molecule has 1 N–H and O–H groups in total. The highest BCUT2D eigenvalue weighted by molar-refractivity contribution is 9.10. The zero-order valence-corrected chi connectivity index (χ0v) is 14.3. The predicted octanol–water partition coefficient (Wildman–Crippen LogP) is 4.42. The van der Waals surface area contributed by atoms with Crippen LogP contribution in [0.25, 0.3) is 6.08 Å². The van der Waals surface area contributed by atoms with E-state index in [1.807, 2.05) is 38.1 Å². The fourth-order valence-electron chi connectivity index (χ4n) is 1.80. The van der Waals surface area contributed by atoms with Gasteiger partial charge in [-0.1, -0.05) is 12.1 Å². The van der Waals surface area contributed by atoms with Gasteiger partial charge in [0.05, 0.1) is 16.8 Å². The lowest BCUT2D eigenvalue weighted by Gasteiger charge is -2.09. The quantitative estimate of drug-likeness (QED) is 0.783. The van der Waals surface area contributed by atoms with Crippen molar-refractivity contribution in [2.45, 2.75) is 20.0 Å². The topological polar surface area (TPSA) is 51.2 Å². The van der Waals surface area contributed by atoms with Crippen LogP contribution < -0.4 is 10.1 Å². The SMILES string of the molecule is CC(C)Oc1cccc(/C=C/C(=O)Nc2ncc(F)cc2Br)c1. The van der Waals surface area contributed by atoms with Gasteiger partial charge in [-0.05, 0) is 59.6 Å². The molecule has 1 aromatic heterocycles. The molecule has 0 saturated heterocycles. The molecule has 0 saturated carbocycles. The molecule has 23 heavy (non-hydrogen) atoms. The van der Waals surface area contributed by atoms with Gasteiger partial charge in [-0.3, -0.25) is 4.79 Å². The maximum atomic E-state index is 13.0. The summed E-state index contributed by atoms with van der Waals surface area (Å²) in [4.78, 5) is 15.7. The van der Waals surface area contributed by atoms with Gasteiger partial charge in [-0.25, -0.2) is 9.37 Å². The van der Waals surface area contributed by atoms with Crippen LogP contribution in [0.1, 0.15) is 19.4 Å². The summed E-state index contributed by atoms with van der Waals surface area (Å²) in [5.41, 5.74) is 0.837. The summed E-state index contributed by atoms with van der Waals surface area (Å²) in [5.74, 6) is 0.163. The lowest BCUT2D eigenvalue weighted by atomic mass is 10.2. The van der Waals surface area contributed by atoms with E-state index in [-0.39, 0.29) is 17.8 Å². The number of halogens is 2. The van der Waals surface area contributed by atoms with Crippen molar-refractivity contribution in [3.63, 3.8) is 0 Å². The van der Waals surface area contributed by atoms with E-state index in [0.29, 0.717) is 4.47 Å². The summed E-state index contributed by atoms with van der Waals surface area (Å²) >= 11 is 3.15. The molecule has 0 aliphatic carbocycles. The summed E-state index contributed by atoms with van der Waals surface area (Å²) in [7, 11) is 0. The Balaban J connectivity index is 2.03. The van der Waals surface area contributed by atoms with Gasteiger partial charge in [-0.2, -0.15) is 0 Å². The Labute approximate surface area is 142 Å². The van der Waals surface area contributed by atoms with Gasteiger partial charge in [0.25, 0.3) is 0 Å². The minimum atomic E-state index is -0.479. The summed E-state index contributed by atoms with van der Waals surface area (Å²) in [5, 5.41) is 2.57. The second-order valence-electron chi connectivity index (χ2n) is 5.05. The molecule has 0 radical (unpaired) electrons. The predicted molar refractivity (Wildman–Crippen MR) is 91.8 cm³/mol. The number of amides is 1. The van der Waals surface area contributed by atoms with Crippen molar-refractivity contribution in [2.24, 2.45) is 0 Å². The average Bonchev–Trinajstić information content (AvgIpc) is 2.48. The minimum absolute atomic E-state index is 0.0828. The number of rotatable bonds is 5. The first-order chi connectivity index (χ1) is 10.9. The number of pyridine rings is 1. The lowest BCUT2D eigenvalue weighted by molar-refractivity contribution is -0.111. The largest absolute Gasteiger partial charge is 0.491 e. The highest BCUT2D eigenvalue weighted by Gasteiger charge is 2.05. The molecule has 0 spiro atoms. The summed E-state index contributed by atoms with van der Waals surface area (Å²) < 4.78 is 18.9. The second kappa shape index (κ2) is 7.87. The molecule has 1 heterocycles. The highest BCUT2D eigenvalue weighted by Crippen LogP contribution is 2.20. The number of hydrogen-bond acceptors (Lipinski definition) is 3. The molecular formula is C17H16BrFN2O2. The van der Waals surface area contributed by atoms with Gasteiger partial charge in [-0.15, -0.1) is 0 Å². The third kappa shape index (κ3) is 5.49. The molecule has 120 valence electrons. The first-order valence-corrected chi connectivity index (χ1v) is 7.80. The van der Waals surface area contributed by atoms with Crippen LogP contribution in [0.3, 0.4) is 0 Å². The lowest BCUT2D eigenvalue weighted by Crippen LogP contribution is -2.10. The van der Waals surface area contributed by atoms with Crippen LogP contribution in [0, 0.1) is 5.82 Å². The number of benzene rings is 1. The van der Waals surface area contributed by atoms with Crippen LogP contribution in [0.15, 0.2) is 47.1 Å².